The number of aryl methyl sites for hydroxylation is 1. The van der Waals surface area contributed by atoms with Gasteiger partial charge in [0.1, 0.15) is 5.82 Å². The summed E-state index contributed by atoms with van der Waals surface area (Å²) in [6.07, 6.45) is 9.82. The van der Waals surface area contributed by atoms with Crippen molar-refractivity contribution in [2.75, 3.05) is 6.54 Å². The van der Waals surface area contributed by atoms with Gasteiger partial charge in [0.05, 0.1) is 0 Å². The molecule has 18 heavy (non-hydrogen) atoms. The van der Waals surface area contributed by atoms with Crippen molar-refractivity contribution in [3.8, 4) is 0 Å². The number of nitrogens with one attached hydrogen (secondary N) is 1. The Morgan fingerprint density at radius 2 is 2.28 bits per heavy atom. The Bertz CT molecular complexity index is 450. The normalized spacial score (nSPS) is 10.7. The van der Waals surface area contributed by atoms with Crippen LogP contribution in [0.2, 0.25) is 0 Å². The Labute approximate surface area is 108 Å². The second-order valence-electron chi connectivity index (χ2n) is 4.32. The van der Waals surface area contributed by atoms with Gasteiger partial charge in [0.15, 0.2) is 0 Å². The van der Waals surface area contributed by atoms with Crippen LogP contribution in [0.1, 0.15) is 24.7 Å². The van der Waals surface area contributed by atoms with Crippen LogP contribution in [0.15, 0.2) is 36.9 Å². The van der Waals surface area contributed by atoms with Crippen molar-refractivity contribution in [3.05, 3.63) is 48.3 Å². The molecule has 2 aromatic rings. The van der Waals surface area contributed by atoms with Gasteiger partial charge in [-0.05, 0) is 18.1 Å². The van der Waals surface area contributed by atoms with Crippen LogP contribution in [0.3, 0.4) is 0 Å². The summed E-state index contributed by atoms with van der Waals surface area (Å²) in [6.45, 7) is 4.96. The van der Waals surface area contributed by atoms with Gasteiger partial charge in [0.2, 0.25) is 0 Å². The minimum absolute atomic E-state index is 0.867. The fraction of sp³-hybridized carbons (Fsp3) is 0.429. The molecule has 2 aromatic heterocycles. The molecule has 2 rings (SSSR count). The summed E-state index contributed by atoms with van der Waals surface area (Å²) in [5, 5.41) is 3.42. The Kier molecular flexibility index (Phi) is 4.90. The average Bonchev–Trinajstić information content (AvgIpc) is 2.84. The lowest BCUT2D eigenvalue weighted by Gasteiger charge is -2.08. The Balaban J connectivity index is 1.73. The highest BCUT2D eigenvalue weighted by Gasteiger charge is 2.00. The summed E-state index contributed by atoms with van der Waals surface area (Å²) in [6, 6.07) is 4.05. The molecule has 0 saturated heterocycles. The van der Waals surface area contributed by atoms with E-state index in [9.17, 15) is 0 Å². The molecular formula is C14H20N4. The standard InChI is InChI=1S/C14H20N4/c1-2-4-14-17-8-10-18(14)9-7-16-12-13-5-3-6-15-11-13/h3,5-6,8,10-11,16H,2,4,7,9,12H2,1H3. The first-order valence-electron chi connectivity index (χ1n) is 6.49. The van der Waals surface area contributed by atoms with E-state index in [1.807, 2.05) is 18.5 Å². The molecule has 0 unspecified atom stereocenters. The average molecular weight is 244 g/mol. The predicted molar refractivity (Wildman–Crippen MR) is 72.2 cm³/mol. The number of hydrogen-bond acceptors (Lipinski definition) is 3. The van der Waals surface area contributed by atoms with Crippen LogP contribution < -0.4 is 5.32 Å². The molecule has 0 spiro atoms. The third-order valence-electron chi connectivity index (χ3n) is 2.86. The van der Waals surface area contributed by atoms with E-state index in [1.54, 1.807) is 6.20 Å². The van der Waals surface area contributed by atoms with E-state index in [0.29, 0.717) is 0 Å². The smallest absolute Gasteiger partial charge is 0.108 e. The van der Waals surface area contributed by atoms with Crippen LogP contribution in [0, 0.1) is 0 Å². The first kappa shape index (κ1) is 12.8. The Morgan fingerprint density at radius 3 is 3.06 bits per heavy atom. The fourth-order valence-electron chi connectivity index (χ4n) is 1.93. The third kappa shape index (κ3) is 3.67. The van der Waals surface area contributed by atoms with Crippen molar-refractivity contribution >= 4 is 0 Å². The molecular weight excluding hydrogens is 224 g/mol. The lowest BCUT2D eigenvalue weighted by Crippen LogP contribution is -2.20. The molecule has 4 nitrogen and oxygen atoms in total. The van der Waals surface area contributed by atoms with Crippen LogP contribution in [-0.2, 0) is 19.5 Å². The maximum atomic E-state index is 4.37. The molecule has 0 amide bonds. The van der Waals surface area contributed by atoms with E-state index < -0.39 is 0 Å². The van der Waals surface area contributed by atoms with E-state index in [1.165, 1.54) is 11.4 Å². The van der Waals surface area contributed by atoms with Gasteiger partial charge in [-0.25, -0.2) is 4.98 Å². The van der Waals surface area contributed by atoms with Crippen LogP contribution >= 0.6 is 0 Å². The van der Waals surface area contributed by atoms with Crippen molar-refractivity contribution in [2.45, 2.75) is 32.9 Å². The van der Waals surface area contributed by atoms with Crippen molar-refractivity contribution < 1.29 is 0 Å². The van der Waals surface area contributed by atoms with Gasteiger partial charge in [-0.1, -0.05) is 13.0 Å². The molecule has 0 radical (unpaired) electrons. The maximum Gasteiger partial charge on any atom is 0.108 e. The molecule has 96 valence electrons. The maximum absolute atomic E-state index is 4.37. The van der Waals surface area contributed by atoms with E-state index in [2.05, 4.69) is 39.0 Å². The lowest BCUT2D eigenvalue weighted by molar-refractivity contribution is 0.575. The zero-order chi connectivity index (χ0) is 12.6. The number of nitrogens with zero attached hydrogens (tertiary/aromatic N) is 3. The first-order valence-corrected chi connectivity index (χ1v) is 6.49. The summed E-state index contributed by atoms with van der Waals surface area (Å²) in [4.78, 5) is 8.46. The SMILES string of the molecule is CCCc1nccn1CCNCc1cccnc1. The molecule has 0 atom stereocenters. The van der Waals surface area contributed by atoms with Crippen molar-refractivity contribution in [3.63, 3.8) is 0 Å². The molecule has 0 saturated carbocycles. The monoisotopic (exact) mass is 244 g/mol. The molecule has 4 heteroatoms. The van der Waals surface area contributed by atoms with E-state index in [4.69, 9.17) is 0 Å². The minimum atomic E-state index is 0.867. The second kappa shape index (κ2) is 6.91. The topological polar surface area (TPSA) is 42.7 Å². The zero-order valence-electron chi connectivity index (χ0n) is 10.8. The van der Waals surface area contributed by atoms with E-state index in [0.717, 1.165) is 32.5 Å². The molecule has 0 bridgehead atoms. The van der Waals surface area contributed by atoms with Crippen molar-refractivity contribution in [2.24, 2.45) is 0 Å². The quantitative estimate of drug-likeness (QED) is 0.758. The van der Waals surface area contributed by atoms with E-state index in [-0.39, 0.29) is 0 Å². The largest absolute Gasteiger partial charge is 0.334 e. The Morgan fingerprint density at radius 1 is 1.33 bits per heavy atom. The van der Waals surface area contributed by atoms with Gasteiger partial charge in [0, 0.05) is 50.8 Å². The van der Waals surface area contributed by atoms with Gasteiger partial charge in [-0.15, -0.1) is 0 Å². The molecule has 1 N–H and O–H groups in total. The minimum Gasteiger partial charge on any atom is -0.334 e. The summed E-state index contributed by atoms with van der Waals surface area (Å²) in [5.74, 6) is 1.18. The van der Waals surface area contributed by atoms with E-state index >= 15 is 0 Å². The van der Waals surface area contributed by atoms with Gasteiger partial charge in [-0.3, -0.25) is 4.98 Å². The summed E-state index contributed by atoms with van der Waals surface area (Å²) >= 11 is 0. The number of hydrogen-bond donors (Lipinski definition) is 1. The molecule has 0 fully saturated rings. The van der Waals surface area contributed by atoms with Gasteiger partial charge in [-0.2, -0.15) is 0 Å². The predicted octanol–water partition coefficient (Wildman–Crippen LogP) is 2.02. The van der Waals surface area contributed by atoms with Crippen LogP contribution in [0.4, 0.5) is 0 Å². The highest BCUT2D eigenvalue weighted by Crippen LogP contribution is 2.01. The highest BCUT2D eigenvalue weighted by molar-refractivity contribution is 5.07. The number of imidazole rings is 1. The summed E-state index contributed by atoms with van der Waals surface area (Å²) < 4.78 is 2.22. The number of rotatable bonds is 7. The molecule has 0 aliphatic carbocycles. The molecule has 0 aromatic carbocycles. The van der Waals surface area contributed by atoms with Crippen LogP contribution in [0.25, 0.3) is 0 Å². The molecule has 2 heterocycles. The molecule has 0 aliphatic rings. The van der Waals surface area contributed by atoms with Crippen molar-refractivity contribution in [1.82, 2.24) is 19.9 Å². The van der Waals surface area contributed by atoms with Crippen molar-refractivity contribution in [1.29, 1.82) is 0 Å². The number of aromatic nitrogens is 3. The van der Waals surface area contributed by atoms with Gasteiger partial charge >= 0.3 is 0 Å². The first-order chi connectivity index (χ1) is 8.90. The highest BCUT2D eigenvalue weighted by atomic mass is 15.1. The fourth-order valence-corrected chi connectivity index (χ4v) is 1.93. The molecule has 0 aliphatic heterocycles. The summed E-state index contributed by atoms with van der Waals surface area (Å²) in [5.41, 5.74) is 1.22. The lowest BCUT2D eigenvalue weighted by atomic mass is 10.3. The van der Waals surface area contributed by atoms with Gasteiger partial charge in [0.25, 0.3) is 0 Å². The third-order valence-corrected chi connectivity index (χ3v) is 2.86. The Hall–Kier alpha value is -1.68. The number of pyridine rings is 1. The zero-order valence-corrected chi connectivity index (χ0v) is 10.8. The van der Waals surface area contributed by atoms with Gasteiger partial charge < -0.3 is 9.88 Å². The van der Waals surface area contributed by atoms with Crippen LogP contribution in [-0.4, -0.2) is 21.1 Å². The second-order valence-corrected chi connectivity index (χ2v) is 4.32. The van der Waals surface area contributed by atoms with Crippen LogP contribution in [0.5, 0.6) is 0 Å². The summed E-state index contributed by atoms with van der Waals surface area (Å²) in [7, 11) is 0.